The molecule has 0 bridgehead atoms. The maximum Gasteiger partial charge on any atom is 0.330 e. The van der Waals surface area contributed by atoms with E-state index in [1.165, 1.54) is 0 Å². The van der Waals surface area contributed by atoms with Crippen LogP contribution >= 0.6 is 15.2 Å². The van der Waals surface area contributed by atoms with Crippen LogP contribution in [0.2, 0.25) is 0 Å². The second-order valence-corrected chi connectivity index (χ2v) is 6.72. The van der Waals surface area contributed by atoms with Gasteiger partial charge in [0.1, 0.15) is 0 Å². The molecular formula is C5H13NO8P2. The van der Waals surface area contributed by atoms with Gasteiger partial charge in [-0.3, -0.25) is 13.9 Å². The fraction of sp³-hybridized carbons (Fsp3) is 0.800. The van der Waals surface area contributed by atoms with Crippen molar-refractivity contribution < 1.29 is 38.6 Å². The predicted octanol–water partition coefficient (Wildman–Crippen LogP) is -1.63. The predicted molar refractivity (Wildman–Crippen MR) is 52.9 cm³/mol. The van der Waals surface area contributed by atoms with Crippen molar-refractivity contribution in [3.05, 3.63) is 0 Å². The van der Waals surface area contributed by atoms with Crippen molar-refractivity contribution in [2.24, 2.45) is 11.7 Å². The van der Waals surface area contributed by atoms with Crippen LogP contribution in [0.5, 0.6) is 0 Å². The van der Waals surface area contributed by atoms with Crippen LogP contribution in [0.15, 0.2) is 0 Å². The average molecular weight is 277 g/mol. The summed E-state index contributed by atoms with van der Waals surface area (Å²) in [7, 11) is -9.51. The van der Waals surface area contributed by atoms with E-state index in [9.17, 15) is 13.9 Å². The lowest BCUT2D eigenvalue weighted by molar-refractivity contribution is -0.141. The third-order valence-corrected chi connectivity index (χ3v) is 4.19. The Morgan fingerprint density at radius 2 is 1.62 bits per heavy atom. The van der Waals surface area contributed by atoms with Gasteiger partial charge in [-0.15, -0.1) is 0 Å². The van der Waals surface area contributed by atoms with Gasteiger partial charge in [0.25, 0.3) is 0 Å². The van der Waals surface area contributed by atoms with Crippen LogP contribution in [-0.2, 0) is 13.9 Å². The van der Waals surface area contributed by atoms with Crippen LogP contribution in [0.4, 0.5) is 0 Å². The quantitative estimate of drug-likeness (QED) is 0.311. The minimum atomic E-state index is -4.82. The zero-order valence-corrected chi connectivity index (χ0v) is 9.79. The molecule has 2 atom stereocenters. The molecule has 0 amide bonds. The second kappa shape index (κ2) is 5.37. The lowest BCUT2D eigenvalue weighted by atomic mass is 10.1. The van der Waals surface area contributed by atoms with E-state index in [0.717, 1.165) is 0 Å². The van der Waals surface area contributed by atoms with Crippen molar-refractivity contribution >= 4 is 21.2 Å². The fourth-order valence-electron chi connectivity index (χ4n) is 1.16. The van der Waals surface area contributed by atoms with E-state index < -0.39 is 45.4 Å². The summed E-state index contributed by atoms with van der Waals surface area (Å²) in [4.78, 5) is 45.5. The van der Waals surface area contributed by atoms with E-state index in [-0.39, 0.29) is 0 Å². The Balaban J connectivity index is 5.12. The molecule has 9 nitrogen and oxygen atoms in total. The Labute approximate surface area is 90.6 Å². The Morgan fingerprint density at radius 1 is 1.19 bits per heavy atom. The van der Waals surface area contributed by atoms with Crippen molar-refractivity contribution in [3.8, 4) is 0 Å². The van der Waals surface area contributed by atoms with E-state index in [2.05, 4.69) is 0 Å². The molecule has 0 aromatic rings. The Hall–Kier alpha value is -0.270. The normalized spacial score (nSPS) is 16.8. The summed E-state index contributed by atoms with van der Waals surface area (Å²) in [6, 6.07) is 0. The zero-order chi connectivity index (χ0) is 13.1. The Bertz CT molecular complexity index is 344. The van der Waals surface area contributed by atoms with Gasteiger partial charge in [-0.2, -0.15) is 0 Å². The first-order chi connectivity index (χ1) is 6.99. The first-order valence-electron chi connectivity index (χ1n) is 4.01. The van der Waals surface area contributed by atoms with Gasteiger partial charge in [0.05, 0.1) is 17.7 Å². The van der Waals surface area contributed by atoms with E-state index >= 15 is 0 Å². The number of nitrogens with two attached hydrogens (primary N) is 1. The number of rotatable bonds is 6. The molecule has 0 heterocycles. The van der Waals surface area contributed by atoms with Crippen molar-refractivity contribution in [1.29, 1.82) is 0 Å². The van der Waals surface area contributed by atoms with Crippen LogP contribution < -0.4 is 5.73 Å². The van der Waals surface area contributed by atoms with Crippen LogP contribution in [-0.4, -0.2) is 49.0 Å². The molecule has 0 saturated heterocycles. The summed E-state index contributed by atoms with van der Waals surface area (Å²) in [5.41, 5.74) is 3.20. The number of hydrogen-bond acceptors (Lipinski definition) is 4. The van der Waals surface area contributed by atoms with Gasteiger partial charge in [0, 0.05) is 6.54 Å². The number of carbonyl (C=O) groups is 1. The molecule has 16 heavy (non-hydrogen) atoms. The average Bonchev–Trinajstić information content (AvgIpc) is 1.98. The number of carboxylic acids is 1. The SMILES string of the molecule is NCC(C(CP(=O)(O)O)C(=O)O)P(=O)(O)O. The van der Waals surface area contributed by atoms with Crippen LogP contribution in [0.3, 0.4) is 0 Å². The van der Waals surface area contributed by atoms with Crippen LogP contribution in [0, 0.1) is 5.92 Å². The molecule has 0 aromatic heterocycles. The Kier molecular flexibility index (Phi) is 5.28. The molecule has 96 valence electrons. The van der Waals surface area contributed by atoms with Crippen molar-refractivity contribution in [3.63, 3.8) is 0 Å². The summed E-state index contributed by atoms with van der Waals surface area (Å²) in [6.07, 6.45) is -1.16. The molecule has 0 saturated carbocycles. The van der Waals surface area contributed by atoms with E-state index in [0.29, 0.717) is 0 Å². The summed E-state index contributed by atoms with van der Waals surface area (Å²) < 4.78 is 21.5. The zero-order valence-electron chi connectivity index (χ0n) is 8.00. The molecule has 0 radical (unpaired) electrons. The minimum Gasteiger partial charge on any atom is -0.481 e. The highest BCUT2D eigenvalue weighted by Crippen LogP contribution is 2.48. The summed E-state index contributed by atoms with van der Waals surface area (Å²) >= 11 is 0. The van der Waals surface area contributed by atoms with Gasteiger partial charge in [-0.25, -0.2) is 0 Å². The topological polar surface area (TPSA) is 178 Å². The monoisotopic (exact) mass is 277 g/mol. The first-order valence-corrected chi connectivity index (χ1v) is 7.49. The third kappa shape index (κ3) is 5.18. The highest BCUT2D eigenvalue weighted by Gasteiger charge is 2.42. The fourth-order valence-corrected chi connectivity index (χ4v) is 3.22. The summed E-state index contributed by atoms with van der Waals surface area (Å²) in [5.74, 6) is -3.59. The third-order valence-electron chi connectivity index (χ3n) is 1.89. The van der Waals surface area contributed by atoms with Gasteiger partial charge in [0.15, 0.2) is 0 Å². The molecule has 2 unspecified atom stereocenters. The molecule has 0 rings (SSSR count). The first kappa shape index (κ1) is 15.7. The standard InChI is InChI=1S/C5H13NO8P2/c6-1-4(16(12,13)14)3(5(7)8)2-15(9,10)11/h3-4H,1-2,6H2,(H,7,8)(H2,9,10,11)(H2,12,13,14). The highest BCUT2D eigenvalue weighted by molar-refractivity contribution is 7.53. The largest absolute Gasteiger partial charge is 0.481 e. The number of carboxylic acid groups (broad SMARTS) is 1. The van der Waals surface area contributed by atoms with Crippen LogP contribution in [0.1, 0.15) is 0 Å². The minimum absolute atomic E-state index is 0.679. The van der Waals surface area contributed by atoms with Gasteiger partial charge < -0.3 is 30.4 Å². The highest BCUT2D eigenvalue weighted by atomic mass is 31.2. The van der Waals surface area contributed by atoms with Crippen molar-refractivity contribution in [2.45, 2.75) is 5.66 Å². The van der Waals surface area contributed by atoms with Gasteiger partial charge in [-0.1, -0.05) is 0 Å². The molecule has 0 fully saturated rings. The molecular weight excluding hydrogens is 264 g/mol. The molecule has 0 aromatic carbocycles. The van der Waals surface area contributed by atoms with Gasteiger partial charge >= 0.3 is 21.2 Å². The Morgan fingerprint density at radius 3 is 1.81 bits per heavy atom. The molecule has 0 aliphatic heterocycles. The van der Waals surface area contributed by atoms with Crippen molar-refractivity contribution in [2.75, 3.05) is 12.7 Å². The summed E-state index contributed by atoms with van der Waals surface area (Å²) in [5, 5.41) is 8.66. The van der Waals surface area contributed by atoms with Crippen molar-refractivity contribution in [1.82, 2.24) is 0 Å². The molecule has 7 N–H and O–H groups in total. The van der Waals surface area contributed by atoms with E-state index in [1.54, 1.807) is 0 Å². The maximum atomic E-state index is 10.9. The van der Waals surface area contributed by atoms with Crippen LogP contribution in [0.25, 0.3) is 0 Å². The molecule has 0 aliphatic carbocycles. The maximum absolute atomic E-state index is 10.9. The molecule has 0 spiro atoms. The van der Waals surface area contributed by atoms with E-state index in [1.807, 2.05) is 0 Å². The van der Waals surface area contributed by atoms with Gasteiger partial charge in [-0.05, 0) is 0 Å². The lowest BCUT2D eigenvalue weighted by Gasteiger charge is -2.23. The molecule has 11 heteroatoms. The molecule has 0 aliphatic rings. The van der Waals surface area contributed by atoms with Gasteiger partial charge in [0.2, 0.25) is 0 Å². The summed E-state index contributed by atoms with van der Waals surface area (Å²) in [6.45, 7) is -0.679. The second-order valence-electron chi connectivity index (χ2n) is 3.18. The number of aliphatic carboxylic acids is 1. The smallest absolute Gasteiger partial charge is 0.330 e. The number of hydrogen-bond donors (Lipinski definition) is 6. The lowest BCUT2D eigenvalue weighted by Crippen LogP contribution is -2.36. The van der Waals surface area contributed by atoms with E-state index in [4.69, 9.17) is 30.4 Å².